The monoisotopic (exact) mass is 326 g/mol. The molecule has 120 valence electrons. The van der Waals surface area contributed by atoms with Crippen molar-refractivity contribution in [1.82, 2.24) is 10.3 Å². The van der Waals surface area contributed by atoms with Crippen LogP contribution in [0.1, 0.15) is 43.3 Å². The molecule has 3 heterocycles. The van der Waals surface area contributed by atoms with Crippen LogP contribution in [0, 0.1) is 11.3 Å². The van der Waals surface area contributed by atoms with Gasteiger partial charge in [-0.1, -0.05) is 13.8 Å². The van der Waals surface area contributed by atoms with E-state index < -0.39 is 0 Å². The van der Waals surface area contributed by atoms with Crippen molar-refractivity contribution in [2.45, 2.75) is 31.7 Å². The van der Waals surface area contributed by atoms with Gasteiger partial charge >= 0.3 is 0 Å². The van der Waals surface area contributed by atoms with Gasteiger partial charge in [-0.3, -0.25) is 0 Å². The molecule has 1 unspecified atom stereocenters. The molecule has 4 nitrogen and oxygen atoms in total. The van der Waals surface area contributed by atoms with Crippen LogP contribution in [0.3, 0.4) is 0 Å². The summed E-state index contributed by atoms with van der Waals surface area (Å²) in [5.74, 6) is 0. The van der Waals surface area contributed by atoms with Crippen LogP contribution >= 0.6 is 11.3 Å². The van der Waals surface area contributed by atoms with E-state index in [1.165, 1.54) is 11.3 Å². The zero-order valence-electron chi connectivity index (χ0n) is 13.8. The van der Waals surface area contributed by atoms with E-state index in [0.29, 0.717) is 11.7 Å². The van der Waals surface area contributed by atoms with Crippen molar-refractivity contribution in [2.75, 3.05) is 25.0 Å². The van der Waals surface area contributed by atoms with Gasteiger partial charge in [0, 0.05) is 12.0 Å². The maximum absolute atomic E-state index is 9.15. The SMILES string of the molecule is CNCCC(c1ccsc1)N1CC(C)(C)c2nc(C#N)ccc21. The van der Waals surface area contributed by atoms with Gasteiger partial charge in [-0.15, -0.1) is 0 Å². The Morgan fingerprint density at radius 3 is 2.91 bits per heavy atom. The Morgan fingerprint density at radius 1 is 1.43 bits per heavy atom. The summed E-state index contributed by atoms with van der Waals surface area (Å²) < 4.78 is 0. The van der Waals surface area contributed by atoms with E-state index in [2.05, 4.69) is 58.0 Å². The van der Waals surface area contributed by atoms with Gasteiger partial charge in [0.15, 0.2) is 0 Å². The number of fused-ring (bicyclic) bond motifs is 1. The van der Waals surface area contributed by atoms with Gasteiger partial charge in [0.25, 0.3) is 0 Å². The Bertz CT molecular complexity index is 715. The molecule has 23 heavy (non-hydrogen) atoms. The van der Waals surface area contributed by atoms with E-state index in [0.717, 1.165) is 25.2 Å². The van der Waals surface area contributed by atoms with Crippen molar-refractivity contribution in [1.29, 1.82) is 5.26 Å². The fourth-order valence-electron chi connectivity index (χ4n) is 3.36. The van der Waals surface area contributed by atoms with Gasteiger partial charge in [0.2, 0.25) is 0 Å². The molecule has 5 heteroatoms. The van der Waals surface area contributed by atoms with Gasteiger partial charge < -0.3 is 10.2 Å². The summed E-state index contributed by atoms with van der Waals surface area (Å²) in [4.78, 5) is 7.06. The van der Waals surface area contributed by atoms with Gasteiger partial charge in [0.1, 0.15) is 11.8 Å². The zero-order valence-corrected chi connectivity index (χ0v) is 14.7. The number of hydrogen-bond donors (Lipinski definition) is 1. The van der Waals surface area contributed by atoms with Crippen LogP contribution in [0.25, 0.3) is 0 Å². The Kier molecular flexibility index (Phi) is 4.38. The molecule has 1 aliphatic heterocycles. The predicted octanol–water partition coefficient (Wildman–Crippen LogP) is 3.46. The lowest BCUT2D eigenvalue weighted by atomic mass is 9.91. The minimum absolute atomic E-state index is 0.0455. The van der Waals surface area contributed by atoms with E-state index >= 15 is 0 Å². The van der Waals surface area contributed by atoms with Crippen molar-refractivity contribution in [3.63, 3.8) is 0 Å². The normalized spacial score (nSPS) is 16.9. The molecule has 0 saturated heterocycles. The van der Waals surface area contributed by atoms with Gasteiger partial charge in [-0.05, 0) is 54.5 Å². The average Bonchev–Trinajstić information content (AvgIpc) is 3.15. The first-order valence-electron chi connectivity index (χ1n) is 7.92. The highest BCUT2D eigenvalue weighted by Gasteiger charge is 2.40. The summed E-state index contributed by atoms with van der Waals surface area (Å²) in [6, 6.07) is 8.61. The minimum atomic E-state index is -0.0455. The third kappa shape index (κ3) is 2.97. The first-order valence-corrected chi connectivity index (χ1v) is 8.86. The minimum Gasteiger partial charge on any atom is -0.362 e. The molecule has 3 rings (SSSR count). The van der Waals surface area contributed by atoms with E-state index in [-0.39, 0.29) is 5.41 Å². The molecule has 1 atom stereocenters. The zero-order chi connectivity index (χ0) is 16.4. The van der Waals surface area contributed by atoms with Crippen LogP contribution in [0.2, 0.25) is 0 Å². The fraction of sp³-hybridized carbons (Fsp3) is 0.444. The number of hydrogen-bond acceptors (Lipinski definition) is 5. The first-order chi connectivity index (χ1) is 11.1. The van der Waals surface area contributed by atoms with Crippen molar-refractivity contribution < 1.29 is 0 Å². The lowest BCUT2D eigenvalue weighted by molar-refractivity contribution is 0.491. The molecule has 0 spiro atoms. The number of rotatable bonds is 5. The molecule has 0 amide bonds. The molecule has 2 aromatic rings. The molecule has 1 N–H and O–H groups in total. The molecule has 0 fully saturated rings. The second-order valence-electron chi connectivity index (χ2n) is 6.65. The Hall–Kier alpha value is -1.90. The number of nitrogens with one attached hydrogen (secondary N) is 1. The molecule has 0 aliphatic carbocycles. The van der Waals surface area contributed by atoms with E-state index in [1.54, 1.807) is 11.3 Å². The lowest BCUT2D eigenvalue weighted by Crippen LogP contribution is -2.33. The maximum Gasteiger partial charge on any atom is 0.140 e. The molecule has 0 saturated carbocycles. The molecular formula is C18H22N4S. The summed E-state index contributed by atoms with van der Waals surface area (Å²) in [7, 11) is 1.99. The van der Waals surface area contributed by atoms with E-state index in [1.807, 2.05) is 13.1 Å². The summed E-state index contributed by atoms with van der Waals surface area (Å²) in [5.41, 5.74) is 4.03. The molecule has 1 aliphatic rings. The van der Waals surface area contributed by atoms with Crippen molar-refractivity contribution in [3.8, 4) is 6.07 Å². The van der Waals surface area contributed by atoms with Crippen LogP contribution in [0.15, 0.2) is 29.0 Å². The average molecular weight is 326 g/mol. The second kappa shape index (κ2) is 6.31. The standard InChI is InChI=1S/C18H22N4S/c1-18(2)12-22(16-5-4-14(10-19)21-17(16)18)15(6-8-20-3)13-7-9-23-11-13/h4-5,7,9,11,15,20H,6,8,12H2,1-3H3. The smallest absolute Gasteiger partial charge is 0.140 e. The third-order valence-electron chi connectivity index (χ3n) is 4.48. The van der Waals surface area contributed by atoms with Crippen LogP contribution in [-0.2, 0) is 5.41 Å². The number of pyridine rings is 1. The predicted molar refractivity (Wildman–Crippen MR) is 94.9 cm³/mol. The first kappa shape index (κ1) is 16.0. The van der Waals surface area contributed by atoms with Crippen molar-refractivity contribution in [2.24, 2.45) is 0 Å². The fourth-order valence-corrected chi connectivity index (χ4v) is 4.06. The van der Waals surface area contributed by atoms with Crippen molar-refractivity contribution >= 4 is 17.0 Å². The number of thiophene rings is 1. The van der Waals surface area contributed by atoms with Crippen LogP contribution in [-0.4, -0.2) is 25.1 Å². The topological polar surface area (TPSA) is 52.0 Å². The quantitative estimate of drug-likeness (QED) is 0.914. The Balaban J connectivity index is 2.01. The number of nitriles is 1. The van der Waals surface area contributed by atoms with Crippen LogP contribution < -0.4 is 10.2 Å². The number of nitrogens with zero attached hydrogens (tertiary/aromatic N) is 3. The number of aromatic nitrogens is 1. The van der Waals surface area contributed by atoms with Crippen LogP contribution in [0.4, 0.5) is 5.69 Å². The second-order valence-corrected chi connectivity index (χ2v) is 7.43. The van der Waals surface area contributed by atoms with Crippen molar-refractivity contribution in [3.05, 3.63) is 45.9 Å². The Morgan fingerprint density at radius 2 is 2.26 bits per heavy atom. The molecule has 0 bridgehead atoms. The maximum atomic E-state index is 9.15. The highest BCUT2D eigenvalue weighted by molar-refractivity contribution is 7.08. The Labute approximate surface area is 141 Å². The molecule has 0 aromatic carbocycles. The molecule has 2 aromatic heterocycles. The highest BCUT2D eigenvalue weighted by atomic mass is 32.1. The van der Waals surface area contributed by atoms with Gasteiger partial charge in [0.05, 0.1) is 17.4 Å². The van der Waals surface area contributed by atoms with Gasteiger partial charge in [-0.25, -0.2) is 4.98 Å². The summed E-state index contributed by atoms with van der Waals surface area (Å²) in [5, 5.41) is 16.8. The van der Waals surface area contributed by atoms with Crippen LogP contribution in [0.5, 0.6) is 0 Å². The highest BCUT2D eigenvalue weighted by Crippen LogP contribution is 2.44. The summed E-state index contributed by atoms with van der Waals surface area (Å²) in [6.45, 7) is 6.32. The largest absolute Gasteiger partial charge is 0.362 e. The summed E-state index contributed by atoms with van der Waals surface area (Å²) >= 11 is 1.74. The van der Waals surface area contributed by atoms with E-state index in [9.17, 15) is 0 Å². The lowest BCUT2D eigenvalue weighted by Gasteiger charge is -2.31. The van der Waals surface area contributed by atoms with E-state index in [4.69, 9.17) is 5.26 Å². The summed E-state index contributed by atoms with van der Waals surface area (Å²) in [6.07, 6.45) is 1.04. The molecular weight excluding hydrogens is 304 g/mol. The van der Waals surface area contributed by atoms with Gasteiger partial charge in [-0.2, -0.15) is 16.6 Å². The molecule has 0 radical (unpaired) electrons. The number of anilines is 1. The third-order valence-corrected chi connectivity index (χ3v) is 5.18.